The molecule has 0 rings (SSSR count). The van der Waals surface area contributed by atoms with Crippen molar-refractivity contribution < 1.29 is 0 Å². The Bertz CT molecular complexity index is 109. The summed E-state index contributed by atoms with van der Waals surface area (Å²) < 4.78 is 0. The van der Waals surface area contributed by atoms with Crippen LogP contribution in [0.5, 0.6) is 0 Å². The highest BCUT2D eigenvalue weighted by Gasteiger charge is 2.18. The average molecular weight is 124 g/mol. The predicted octanol–water partition coefficient (Wildman–Crippen LogP) is 3.02. The van der Waals surface area contributed by atoms with Gasteiger partial charge in [-0.2, -0.15) is 0 Å². The van der Waals surface area contributed by atoms with Gasteiger partial charge in [0.2, 0.25) is 0 Å². The quantitative estimate of drug-likeness (QED) is 0.507. The molecule has 0 aliphatic rings. The fraction of sp³-hybridized carbons (Fsp3) is 0.556. The molecule has 0 unspecified atom stereocenters. The van der Waals surface area contributed by atoms with Crippen molar-refractivity contribution in [1.82, 2.24) is 0 Å². The van der Waals surface area contributed by atoms with Crippen LogP contribution >= 0.6 is 0 Å². The molecule has 0 heteroatoms. The summed E-state index contributed by atoms with van der Waals surface area (Å²) in [5.41, 5.74) is 0.196. The van der Waals surface area contributed by atoms with E-state index in [4.69, 9.17) is 0 Å². The molecule has 0 aromatic heterocycles. The van der Waals surface area contributed by atoms with Crippen LogP contribution in [0.15, 0.2) is 25.3 Å². The third-order valence-electron chi connectivity index (χ3n) is 2.05. The van der Waals surface area contributed by atoms with Gasteiger partial charge < -0.3 is 0 Å². The molecule has 0 amide bonds. The minimum Gasteiger partial charge on any atom is -0.103 e. The Morgan fingerprint density at radius 3 is 1.89 bits per heavy atom. The molecule has 0 saturated heterocycles. The topological polar surface area (TPSA) is 0 Å². The van der Waals surface area contributed by atoms with Crippen molar-refractivity contribution in [2.75, 3.05) is 0 Å². The number of hydrogen-bond donors (Lipinski definition) is 0. The summed E-state index contributed by atoms with van der Waals surface area (Å²) in [7, 11) is 0. The SMILES string of the molecule is C=C[C@@H](C)C(C)(C)C=C. The summed E-state index contributed by atoms with van der Waals surface area (Å²) in [5.74, 6) is 0.509. The zero-order chi connectivity index (χ0) is 7.49. The Labute approximate surface area is 58.3 Å². The van der Waals surface area contributed by atoms with E-state index in [1.165, 1.54) is 0 Å². The Morgan fingerprint density at radius 1 is 1.33 bits per heavy atom. The van der Waals surface area contributed by atoms with Crippen LogP contribution in [0, 0.1) is 11.3 Å². The highest BCUT2D eigenvalue weighted by molar-refractivity contribution is 4.97. The molecule has 0 radical (unpaired) electrons. The van der Waals surface area contributed by atoms with Gasteiger partial charge in [0, 0.05) is 0 Å². The van der Waals surface area contributed by atoms with Gasteiger partial charge in [-0.15, -0.1) is 13.2 Å². The fourth-order valence-corrected chi connectivity index (χ4v) is 0.490. The standard InChI is InChI=1S/C9H16/c1-6-8(3)9(4,5)7-2/h6-8H,1-2H2,3-5H3/t8-/m1/s1. The van der Waals surface area contributed by atoms with Crippen molar-refractivity contribution in [3.8, 4) is 0 Å². The molecule has 0 aliphatic carbocycles. The molecule has 0 bridgehead atoms. The lowest BCUT2D eigenvalue weighted by Gasteiger charge is -2.24. The van der Waals surface area contributed by atoms with Gasteiger partial charge in [0.15, 0.2) is 0 Å². The molecule has 0 aromatic carbocycles. The molecular formula is C9H16. The zero-order valence-electron chi connectivity index (χ0n) is 6.65. The minimum absolute atomic E-state index is 0.196. The highest BCUT2D eigenvalue weighted by Crippen LogP contribution is 2.27. The average Bonchev–Trinajstić information content (AvgIpc) is 1.86. The second kappa shape index (κ2) is 2.86. The molecule has 0 heterocycles. The third kappa shape index (κ3) is 2.05. The van der Waals surface area contributed by atoms with E-state index >= 15 is 0 Å². The van der Waals surface area contributed by atoms with Gasteiger partial charge in [0.05, 0.1) is 0 Å². The Hall–Kier alpha value is -0.520. The lowest BCUT2D eigenvalue weighted by atomic mass is 9.80. The first-order valence-electron chi connectivity index (χ1n) is 3.30. The first-order chi connectivity index (χ1) is 4.04. The van der Waals surface area contributed by atoms with Crippen LogP contribution in [-0.4, -0.2) is 0 Å². The van der Waals surface area contributed by atoms with Crippen LogP contribution in [0.25, 0.3) is 0 Å². The summed E-state index contributed by atoms with van der Waals surface area (Å²) >= 11 is 0. The zero-order valence-corrected chi connectivity index (χ0v) is 6.65. The molecule has 0 N–H and O–H groups in total. The second-order valence-corrected chi connectivity index (χ2v) is 3.05. The summed E-state index contributed by atoms with van der Waals surface area (Å²) in [5, 5.41) is 0. The van der Waals surface area contributed by atoms with Gasteiger partial charge in [-0.1, -0.05) is 32.9 Å². The van der Waals surface area contributed by atoms with Gasteiger partial charge in [0.1, 0.15) is 0 Å². The van der Waals surface area contributed by atoms with Gasteiger partial charge in [-0.05, 0) is 11.3 Å². The third-order valence-corrected chi connectivity index (χ3v) is 2.05. The molecule has 52 valence electrons. The second-order valence-electron chi connectivity index (χ2n) is 3.05. The van der Waals surface area contributed by atoms with Gasteiger partial charge in [-0.3, -0.25) is 0 Å². The smallest absolute Gasteiger partial charge is 0.0118 e. The first kappa shape index (κ1) is 8.48. The van der Waals surface area contributed by atoms with E-state index in [-0.39, 0.29) is 5.41 Å². The normalized spacial score (nSPS) is 14.6. The Kier molecular flexibility index (Phi) is 2.69. The summed E-state index contributed by atoms with van der Waals surface area (Å²) in [4.78, 5) is 0. The fourth-order valence-electron chi connectivity index (χ4n) is 0.490. The van der Waals surface area contributed by atoms with Crippen LogP contribution < -0.4 is 0 Å². The lowest BCUT2D eigenvalue weighted by Crippen LogP contribution is -2.15. The molecule has 9 heavy (non-hydrogen) atoms. The van der Waals surface area contributed by atoms with Crippen molar-refractivity contribution in [3.63, 3.8) is 0 Å². The molecule has 1 atom stereocenters. The Morgan fingerprint density at radius 2 is 1.78 bits per heavy atom. The summed E-state index contributed by atoms with van der Waals surface area (Å²) in [6.45, 7) is 13.9. The van der Waals surface area contributed by atoms with E-state index < -0.39 is 0 Å². The molecule has 0 aliphatic heterocycles. The van der Waals surface area contributed by atoms with Gasteiger partial charge >= 0.3 is 0 Å². The molecule has 0 aromatic rings. The van der Waals surface area contributed by atoms with E-state index in [1.807, 2.05) is 12.2 Å². The largest absolute Gasteiger partial charge is 0.103 e. The van der Waals surface area contributed by atoms with E-state index in [1.54, 1.807) is 0 Å². The van der Waals surface area contributed by atoms with Crippen molar-refractivity contribution in [2.24, 2.45) is 11.3 Å². The van der Waals surface area contributed by atoms with Crippen molar-refractivity contribution in [1.29, 1.82) is 0 Å². The van der Waals surface area contributed by atoms with Crippen molar-refractivity contribution in [2.45, 2.75) is 20.8 Å². The monoisotopic (exact) mass is 124 g/mol. The van der Waals surface area contributed by atoms with Crippen molar-refractivity contribution >= 4 is 0 Å². The predicted molar refractivity (Wildman–Crippen MR) is 43.3 cm³/mol. The van der Waals surface area contributed by atoms with Gasteiger partial charge in [-0.25, -0.2) is 0 Å². The summed E-state index contributed by atoms with van der Waals surface area (Å²) in [6, 6.07) is 0. The molecule has 0 nitrogen and oxygen atoms in total. The van der Waals surface area contributed by atoms with Crippen molar-refractivity contribution in [3.05, 3.63) is 25.3 Å². The van der Waals surface area contributed by atoms with Crippen LogP contribution in [0.1, 0.15) is 20.8 Å². The lowest BCUT2D eigenvalue weighted by molar-refractivity contribution is 0.370. The van der Waals surface area contributed by atoms with E-state index in [0.29, 0.717) is 5.92 Å². The number of rotatable bonds is 3. The first-order valence-corrected chi connectivity index (χ1v) is 3.30. The van der Waals surface area contributed by atoms with Crippen LogP contribution in [0.2, 0.25) is 0 Å². The van der Waals surface area contributed by atoms with Gasteiger partial charge in [0.25, 0.3) is 0 Å². The Balaban J connectivity index is 4.11. The van der Waals surface area contributed by atoms with E-state index in [2.05, 4.69) is 33.9 Å². The van der Waals surface area contributed by atoms with Crippen LogP contribution in [-0.2, 0) is 0 Å². The maximum atomic E-state index is 3.75. The number of hydrogen-bond acceptors (Lipinski definition) is 0. The molecule has 0 spiro atoms. The van der Waals surface area contributed by atoms with Crippen LogP contribution in [0.3, 0.4) is 0 Å². The molecule has 0 fully saturated rings. The van der Waals surface area contributed by atoms with E-state index in [9.17, 15) is 0 Å². The summed E-state index contributed by atoms with van der Waals surface area (Å²) in [6.07, 6.45) is 3.93. The van der Waals surface area contributed by atoms with Crippen LogP contribution in [0.4, 0.5) is 0 Å². The minimum atomic E-state index is 0.196. The number of allylic oxidation sites excluding steroid dienone is 2. The maximum absolute atomic E-state index is 3.75. The van der Waals surface area contributed by atoms with E-state index in [0.717, 1.165) is 0 Å². The highest BCUT2D eigenvalue weighted by atomic mass is 14.2. The molecule has 0 saturated carbocycles. The maximum Gasteiger partial charge on any atom is -0.0118 e. The molecular weight excluding hydrogens is 108 g/mol.